The average Bonchev–Trinajstić information content (AvgIpc) is 2.96. The molecule has 0 saturated carbocycles. The van der Waals surface area contributed by atoms with Crippen molar-refractivity contribution in [3.8, 4) is 11.5 Å². The molecule has 0 aliphatic heterocycles. The number of carbonyl (C=O) groups excluding carboxylic acids is 2. The monoisotopic (exact) mass is 534 g/mol. The van der Waals surface area contributed by atoms with Crippen LogP contribution >= 0.6 is 0 Å². The van der Waals surface area contributed by atoms with Crippen LogP contribution in [0.5, 0.6) is 11.5 Å². The maximum atomic E-state index is 10.4. The molecule has 0 aliphatic rings. The van der Waals surface area contributed by atoms with Gasteiger partial charge < -0.3 is 14.3 Å². The second-order valence-corrected chi connectivity index (χ2v) is 11.1. The molecule has 0 aromatic heterocycles. The van der Waals surface area contributed by atoms with Crippen LogP contribution in [0.1, 0.15) is 140 Å². The molecule has 0 spiro atoms. The predicted octanol–water partition coefficient (Wildman–Crippen LogP) is 10.8. The van der Waals surface area contributed by atoms with Crippen molar-refractivity contribution < 1.29 is 14.3 Å². The molecule has 3 nitrogen and oxygen atoms in total. The first-order valence-electron chi connectivity index (χ1n) is 16.1. The van der Waals surface area contributed by atoms with Gasteiger partial charge in [-0.05, 0) is 61.8 Å². The lowest BCUT2D eigenvalue weighted by molar-refractivity contribution is -0.108. The normalized spacial score (nSPS) is 11.0. The van der Waals surface area contributed by atoms with E-state index in [1.807, 2.05) is 0 Å². The Balaban J connectivity index is 1.64. The molecule has 0 amide bonds. The first-order chi connectivity index (χ1) is 19.3. The van der Waals surface area contributed by atoms with Gasteiger partial charge >= 0.3 is 0 Å². The molecule has 0 aliphatic carbocycles. The van der Waals surface area contributed by atoms with Crippen molar-refractivity contribution in [2.24, 2.45) is 0 Å². The molecular formula is C36H54O3. The third-order valence-electron chi connectivity index (χ3n) is 7.70. The fourth-order valence-electron chi connectivity index (χ4n) is 5.30. The molecule has 39 heavy (non-hydrogen) atoms. The SMILES string of the molecule is O=CCCCCCCCCCCCc1ccccc1Oc1ccccc1CCCCCCCCCCCC=O. The summed E-state index contributed by atoms with van der Waals surface area (Å²) < 4.78 is 6.50. The number of benzene rings is 2. The summed E-state index contributed by atoms with van der Waals surface area (Å²) in [5.74, 6) is 2.02. The second-order valence-electron chi connectivity index (χ2n) is 11.1. The Morgan fingerprint density at radius 1 is 0.410 bits per heavy atom. The summed E-state index contributed by atoms with van der Waals surface area (Å²) in [5.41, 5.74) is 2.63. The third-order valence-corrected chi connectivity index (χ3v) is 7.70. The van der Waals surface area contributed by atoms with Crippen molar-refractivity contribution in [2.75, 3.05) is 0 Å². The van der Waals surface area contributed by atoms with E-state index in [2.05, 4.69) is 48.5 Å². The highest BCUT2D eigenvalue weighted by Crippen LogP contribution is 2.30. The van der Waals surface area contributed by atoms with Crippen LogP contribution in [0.2, 0.25) is 0 Å². The maximum absolute atomic E-state index is 10.4. The molecular weight excluding hydrogens is 480 g/mol. The van der Waals surface area contributed by atoms with E-state index in [4.69, 9.17) is 4.74 Å². The van der Waals surface area contributed by atoms with E-state index in [0.717, 1.165) is 62.6 Å². The molecule has 0 atom stereocenters. The molecule has 2 aromatic carbocycles. The van der Waals surface area contributed by atoms with Gasteiger partial charge in [0.05, 0.1) is 0 Å². The van der Waals surface area contributed by atoms with Gasteiger partial charge in [-0.2, -0.15) is 0 Å². The molecule has 0 radical (unpaired) electrons. The minimum absolute atomic E-state index is 0.726. The van der Waals surface area contributed by atoms with Gasteiger partial charge in [0.15, 0.2) is 0 Å². The average molecular weight is 535 g/mol. The molecule has 2 rings (SSSR count). The summed E-state index contributed by atoms with van der Waals surface area (Å²) in [6.07, 6.45) is 28.2. The van der Waals surface area contributed by atoms with Gasteiger partial charge in [-0.3, -0.25) is 0 Å². The van der Waals surface area contributed by atoms with Gasteiger partial charge in [-0.15, -0.1) is 0 Å². The van der Waals surface area contributed by atoms with Crippen molar-refractivity contribution in [1.82, 2.24) is 0 Å². The van der Waals surface area contributed by atoms with Gasteiger partial charge in [0, 0.05) is 12.8 Å². The van der Waals surface area contributed by atoms with Crippen molar-refractivity contribution in [3.05, 3.63) is 59.7 Å². The first kappa shape index (κ1) is 32.8. The molecule has 2 aromatic rings. The smallest absolute Gasteiger partial charge is 0.130 e. The summed E-state index contributed by atoms with van der Waals surface area (Å²) in [6.45, 7) is 0. The van der Waals surface area contributed by atoms with Crippen LogP contribution in [-0.2, 0) is 22.4 Å². The Morgan fingerprint density at radius 3 is 1.08 bits per heavy atom. The summed E-state index contributed by atoms with van der Waals surface area (Å²) in [6, 6.07) is 17.1. The number of hydrogen-bond acceptors (Lipinski definition) is 3. The first-order valence-corrected chi connectivity index (χ1v) is 16.1. The number of aldehydes is 2. The zero-order valence-electron chi connectivity index (χ0n) is 24.6. The molecule has 0 N–H and O–H groups in total. The van der Waals surface area contributed by atoms with E-state index in [-0.39, 0.29) is 0 Å². The molecule has 0 saturated heterocycles. The molecule has 216 valence electrons. The lowest BCUT2D eigenvalue weighted by Crippen LogP contribution is -1.96. The minimum Gasteiger partial charge on any atom is -0.457 e. The predicted molar refractivity (Wildman–Crippen MR) is 165 cm³/mol. The summed E-state index contributed by atoms with van der Waals surface area (Å²) in [7, 11) is 0. The van der Waals surface area contributed by atoms with Crippen molar-refractivity contribution in [1.29, 1.82) is 0 Å². The number of unbranched alkanes of at least 4 members (excludes halogenated alkanes) is 18. The van der Waals surface area contributed by atoms with E-state index in [9.17, 15) is 9.59 Å². The van der Waals surface area contributed by atoms with Crippen LogP contribution in [0.4, 0.5) is 0 Å². The summed E-state index contributed by atoms with van der Waals surface area (Å²) in [5, 5.41) is 0. The van der Waals surface area contributed by atoms with Gasteiger partial charge in [0.2, 0.25) is 0 Å². The zero-order chi connectivity index (χ0) is 27.6. The summed E-state index contributed by atoms with van der Waals surface area (Å²) >= 11 is 0. The van der Waals surface area contributed by atoms with Crippen molar-refractivity contribution >= 4 is 12.6 Å². The largest absolute Gasteiger partial charge is 0.457 e. The molecule has 0 bridgehead atoms. The molecule has 0 heterocycles. The molecule has 0 unspecified atom stereocenters. The Kier molecular flexibility index (Phi) is 19.7. The Morgan fingerprint density at radius 2 is 0.718 bits per heavy atom. The zero-order valence-corrected chi connectivity index (χ0v) is 24.6. The van der Waals surface area contributed by atoms with Gasteiger partial charge in [-0.25, -0.2) is 0 Å². The highest BCUT2D eigenvalue weighted by atomic mass is 16.5. The number of carbonyl (C=O) groups is 2. The highest BCUT2D eigenvalue weighted by molar-refractivity contribution is 5.49. The quantitative estimate of drug-likeness (QED) is 0.0890. The van der Waals surface area contributed by atoms with Gasteiger partial charge in [0.1, 0.15) is 24.1 Å². The summed E-state index contributed by atoms with van der Waals surface area (Å²) in [4.78, 5) is 20.7. The van der Waals surface area contributed by atoms with Crippen LogP contribution < -0.4 is 4.74 Å². The van der Waals surface area contributed by atoms with Crippen LogP contribution in [0.3, 0.4) is 0 Å². The number of aryl methyl sites for hydroxylation is 2. The van der Waals surface area contributed by atoms with Crippen LogP contribution in [0.25, 0.3) is 0 Å². The Hall–Kier alpha value is -2.42. The van der Waals surface area contributed by atoms with E-state index < -0.39 is 0 Å². The number of para-hydroxylation sites is 2. The topological polar surface area (TPSA) is 43.4 Å². The Bertz CT molecular complexity index is 804. The second kappa shape index (κ2) is 23.5. The van der Waals surface area contributed by atoms with E-state index in [1.54, 1.807) is 0 Å². The van der Waals surface area contributed by atoms with Crippen molar-refractivity contribution in [2.45, 2.75) is 141 Å². The van der Waals surface area contributed by atoms with E-state index in [1.165, 1.54) is 114 Å². The number of rotatable bonds is 26. The number of hydrogen-bond donors (Lipinski definition) is 0. The van der Waals surface area contributed by atoms with Crippen LogP contribution in [0, 0.1) is 0 Å². The van der Waals surface area contributed by atoms with Gasteiger partial charge in [0.25, 0.3) is 0 Å². The maximum Gasteiger partial charge on any atom is 0.130 e. The van der Waals surface area contributed by atoms with Crippen LogP contribution in [0.15, 0.2) is 48.5 Å². The molecule has 3 heteroatoms. The molecule has 0 fully saturated rings. The highest BCUT2D eigenvalue weighted by Gasteiger charge is 2.08. The van der Waals surface area contributed by atoms with Crippen LogP contribution in [-0.4, -0.2) is 12.6 Å². The van der Waals surface area contributed by atoms with E-state index in [0.29, 0.717) is 0 Å². The Labute approximate surface area is 239 Å². The third kappa shape index (κ3) is 16.3. The standard InChI is InChI=1S/C36H54O3/c37-31-23-15-11-7-3-1-5-9-13-17-25-33-27-19-21-29-35(33)39-36-30-22-20-28-34(36)26-18-14-10-6-2-4-8-12-16-24-32-38/h19-22,27-32H,1-18,23-26H2. The van der Waals surface area contributed by atoms with Crippen molar-refractivity contribution in [3.63, 3.8) is 0 Å². The lowest BCUT2D eigenvalue weighted by Gasteiger charge is -2.14. The van der Waals surface area contributed by atoms with Gasteiger partial charge in [-0.1, -0.05) is 126 Å². The fraction of sp³-hybridized carbons (Fsp3) is 0.611. The van der Waals surface area contributed by atoms with E-state index >= 15 is 0 Å². The minimum atomic E-state index is 0.726. The lowest BCUT2D eigenvalue weighted by atomic mass is 10.0. The number of ether oxygens (including phenoxy) is 1. The fourth-order valence-corrected chi connectivity index (χ4v) is 5.30.